The maximum absolute atomic E-state index is 10.7. The maximum atomic E-state index is 10.7. The molecule has 4 nitrogen and oxygen atoms in total. The van der Waals surface area contributed by atoms with Crippen molar-refractivity contribution in [2.24, 2.45) is 0 Å². The van der Waals surface area contributed by atoms with Gasteiger partial charge in [0.05, 0.1) is 11.0 Å². The standard InChI is InChI=1S/C7H6N2O.H2O/c10-7-8-5-3-1-2-4-6(5)9-7;/h1-4H,(H2,8,9,10);1H2. The van der Waals surface area contributed by atoms with Gasteiger partial charge < -0.3 is 15.4 Å². The number of aromatic amines is 2. The normalized spacial score (nSPS) is 9.45. The van der Waals surface area contributed by atoms with Crippen molar-refractivity contribution in [3.8, 4) is 0 Å². The average molecular weight is 152 g/mol. The van der Waals surface area contributed by atoms with Crippen LogP contribution in [0.2, 0.25) is 0 Å². The molecule has 1 heterocycles. The summed E-state index contributed by atoms with van der Waals surface area (Å²) in [5.74, 6) is 0. The molecule has 4 N–H and O–H groups in total. The molecular weight excluding hydrogens is 144 g/mol. The minimum Gasteiger partial charge on any atom is -0.412 e. The third kappa shape index (κ3) is 1.15. The van der Waals surface area contributed by atoms with Gasteiger partial charge in [-0.1, -0.05) is 12.1 Å². The maximum Gasteiger partial charge on any atom is 0.323 e. The minimum atomic E-state index is -0.152. The first-order valence-electron chi connectivity index (χ1n) is 3.03. The van der Waals surface area contributed by atoms with E-state index in [1.807, 2.05) is 24.3 Å². The first kappa shape index (κ1) is 7.56. The Balaban J connectivity index is 0.000000605. The Morgan fingerprint density at radius 3 is 1.91 bits per heavy atom. The van der Waals surface area contributed by atoms with Crippen molar-refractivity contribution in [1.29, 1.82) is 0 Å². The molecule has 0 bridgehead atoms. The van der Waals surface area contributed by atoms with Crippen molar-refractivity contribution in [3.63, 3.8) is 0 Å². The van der Waals surface area contributed by atoms with Crippen LogP contribution in [0.4, 0.5) is 0 Å². The zero-order valence-electron chi connectivity index (χ0n) is 5.72. The Bertz CT molecular complexity index is 366. The molecule has 0 aliphatic heterocycles. The summed E-state index contributed by atoms with van der Waals surface area (Å²) in [5, 5.41) is 0. The predicted octanol–water partition coefficient (Wildman–Crippen LogP) is 0.0315. The zero-order valence-corrected chi connectivity index (χ0v) is 5.72. The fourth-order valence-electron chi connectivity index (χ4n) is 0.977. The van der Waals surface area contributed by atoms with Crippen LogP contribution in [0, 0.1) is 0 Å². The fraction of sp³-hybridized carbons (Fsp3) is 0. The lowest BCUT2D eigenvalue weighted by molar-refractivity contribution is 0.824. The summed E-state index contributed by atoms with van der Waals surface area (Å²) in [6.45, 7) is 0. The molecule has 0 unspecified atom stereocenters. The number of imidazole rings is 1. The van der Waals surface area contributed by atoms with E-state index in [-0.39, 0.29) is 11.2 Å². The highest BCUT2D eigenvalue weighted by molar-refractivity contribution is 5.73. The summed E-state index contributed by atoms with van der Waals surface area (Å²) in [7, 11) is 0. The van der Waals surface area contributed by atoms with Crippen LogP contribution < -0.4 is 5.69 Å². The van der Waals surface area contributed by atoms with Crippen LogP contribution in [0.3, 0.4) is 0 Å². The van der Waals surface area contributed by atoms with Gasteiger partial charge >= 0.3 is 5.69 Å². The van der Waals surface area contributed by atoms with E-state index in [4.69, 9.17) is 0 Å². The number of para-hydroxylation sites is 2. The van der Waals surface area contributed by atoms with Gasteiger partial charge in [-0.15, -0.1) is 0 Å². The summed E-state index contributed by atoms with van der Waals surface area (Å²) in [6, 6.07) is 7.47. The third-order valence-electron chi connectivity index (χ3n) is 1.42. The van der Waals surface area contributed by atoms with E-state index in [1.54, 1.807) is 0 Å². The smallest absolute Gasteiger partial charge is 0.323 e. The number of fused-ring (bicyclic) bond motifs is 1. The first-order valence-corrected chi connectivity index (χ1v) is 3.03. The molecule has 0 spiro atoms. The highest BCUT2D eigenvalue weighted by Gasteiger charge is 1.92. The molecule has 11 heavy (non-hydrogen) atoms. The molecule has 0 radical (unpaired) electrons. The van der Waals surface area contributed by atoms with Gasteiger partial charge in [-0.25, -0.2) is 4.79 Å². The van der Waals surface area contributed by atoms with E-state index >= 15 is 0 Å². The summed E-state index contributed by atoms with van der Waals surface area (Å²) in [4.78, 5) is 16.0. The number of rotatable bonds is 0. The molecule has 0 amide bonds. The number of aromatic nitrogens is 2. The Labute approximate surface area is 62.2 Å². The topological polar surface area (TPSA) is 80.2 Å². The molecule has 2 rings (SSSR count). The average Bonchev–Trinajstić information content (AvgIpc) is 2.27. The highest BCUT2D eigenvalue weighted by atomic mass is 16.1. The van der Waals surface area contributed by atoms with E-state index < -0.39 is 0 Å². The Morgan fingerprint density at radius 1 is 1.00 bits per heavy atom. The Morgan fingerprint density at radius 2 is 1.45 bits per heavy atom. The van der Waals surface area contributed by atoms with Crippen LogP contribution in [0.25, 0.3) is 11.0 Å². The van der Waals surface area contributed by atoms with Gasteiger partial charge in [-0.3, -0.25) is 0 Å². The largest absolute Gasteiger partial charge is 0.412 e. The van der Waals surface area contributed by atoms with Crippen LogP contribution in [0.15, 0.2) is 29.1 Å². The zero-order chi connectivity index (χ0) is 6.97. The monoisotopic (exact) mass is 152 g/mol. The Kier molecular flexibility index (Phi) is 1.78. The van der Waals surface area contributed by atoms with E-state index in [0.29, 0.717) is 0 Å². The molecule has 58 valence electrons. The molecule has 1 aromatic carbocycles. The molecule has 0 atom stereocenters. The second-order valence-corrected chi connectivity index (χ2v) is 2.12. The van der Waals surface area contributed by atoms with Crippen LogP contribution >= 0.6 is 0 Å². The molecule has 0 saturated heterocycles. The lowest BCUT2D eigenvalue weighted by Gasteiger charge is -1.81. The van der Waals surface area contributed by atoms with Crippen molar-refractivity contribution >= 4 is 11.0 Å². The van der Waals surface area contributed by atoms with Gasteiger partial charge in [0.1, 0.15) is 0 Å². The van der Waals surface area contributed by atoms with Crippen molar-refractivity contribution in [2.45, 2.75) is 0 Å². The van der Waals surface area contributed by atoms with Crippen LogP contribution in [-0.4, -0.2) is 15.4 Å². The highest BCUT2D eigenvalue weighted by Crippen LogP contribution is 2.03. The molecule has 0 aliphatic carbocycles. The number of hydrogen-bond donors (Lipinski definition) is 2. The quantitative estimate of drug-likeness (QED) is 0.548. The van der Waals surface area contributed by atoms with Crippen LogP contribution in [0.5, 0.6) is 0 Å². The van der Waals surface area contributed by atoms with E-state index in [0.717, 1.165) is 11.0 Å². The summed E-state index contributed by atoms with van der Waals surface area (Å²) < 4.78 is 0. The predicted molar refractivity (Wildman–Crippen MR) is 42.5 cm³/mol. The number of H-pyrrole nitrogens is 2. The summed E-state index contributed by atoms with van der Waals surface area (Å²) >= 11 is 0. The van der Waals surface area contributed by atoms with Crippen molar-refractivity contribution in [3.05, 3.63) is 34.7 Å². The SMILES string of the molecule is O.O=c1[nH]c2ccccc2[nH]1. The van der Waals surface area contributed by atoms with Gasteiger partial charge in [0, 0.05) is 0 Å². The van der Waals surface area contributed by atoms with Gasteiger partial charge in [0.25, 0.3) is 0 Å². The van der Waals surface area contributed by atoms with Crippen LogP contribution in [0.1, 0.15) is 0 Å². The third-order valence-corrected chi connectivity index (χ3v) is 1.42. The fourth-order valence-corrected chi connectivity index (χ4v) is 0.977. The van der Waals surface area contributed by atoms with E-state index in [1.165, 1.54) is 0 Å². The van der Waals surface area contributed by atoms with Gasteiger partial charge in [-0.05, 0) is 12.1 Å². The van der Waals surface area contributed by atoms with E-state index in [9.17, 15) is 4.79 Å². The van der Waals surface area contributed by atoms with Crippen molar-refractivity contribution in [1.82, 2.24) is 9.97 Å². The van der Waals surface area contributed by atoms with Crippen molar-refractivity contribution in [2.75, 3.05) is 0 Å². The molecule has 1 aromatic heterocycles. The molecule has 0 saturated carbocycles. The van der Waals surface area contributed by atoms with E-state index in [2.05, 4.69) is 9.97 Å². The number of benzene rings is 1. The lowest BCUT2D eigenvalue weighted by atomic mass is 10.3. The van der Waals surface area contributed by atoms with Gasteiger partial charge in [0.15, 0.2) is 0 Å². The molecule has 0 fully saturated rings. The minimum absolute atomic E-state index is 0. The van der Waals surface area contributed by atoms with Gasteiger partial charge in [-0.2, -0.15) is 0 Å². The van der Waals surface area contributed by atoms with Gasteiger partial charge in [0.2, 0.25) is 0 Å². The Hall–Kier alpha value is -1.55. The van der Waals surface area contributed by atoms with Crippen molar-refractivity contribution < 1.29 is 5.48 Å². The first-order chi connectivity index (χ1) is 4.86. The molecule has 4 heteroatoms. The summed E-state index contributed by atoms with van der Waals surface area (Å²) in [6.07, 6.45) is 0. The molecular formula is C7H8N2O2. The molecule has 2 aromatic rings. The molecule has 0 aliphatic rings. The second-order valence-electron chi connectivity index (χ2n) is 2.12. The van der Waals surface area contributed by atoms with Crippen LogP contribution in [-0.2, 0) is 0 Å². The number of hydrogen-bond acceptors (Lipinski definition) is 1. The summed E-state index contributed by atoms with van der Waals surface area (Å²) in [5.41, 5.74) is 1.56. The lowest BCUT2D eigenvalue weighted by Crippen LogP contribution is -1.99. The number of nitrogens with one attached hydrogen (secondary N) is 2. The second kappa shape index (κ2) is 2.59.